The lowest BCUT2D eigenvalue weighted by molar-refractivity contribution is 0.0529. The van der Waals surface area contributed by atoms with Gasteiger partial charge in [0, 0.05) is 22.7 Å². The summed E-state index contributed by atoms with van der Waals surface area (Å²) in [5.74, 6) is -1.67. The third-order valence-corrected chi connectivity index (χ3v) is 3.67. The highest BCUT2D eigenvalue weighted by molar-refractivity contribution is 6.07. The molecule has 0 spiro atoms. The van der Waals surface area contributed by atoms with Gasteiger partial charge in [-0.1, -0.05) is 18.2 Å². The predicted molar refractivity (Wildman–Crippen MR) is 85.2 cm³/mol. The Balaban J connectivity index is 2.34. The van der Waals surface area contributed by atoms with E-state index < -0.39 is 11.9 Å². The second-order valence-corrected chi connectivity index (χ2v) is 4.90. The van der Waals surface area contributed by atoms with E-state index in [-0.39, 0.29) is 17.3 Å². The van der Waals surface area contributed by atoms with Crippen LogP contribution in [0.2, 0.25) is 0 Å². The van der Waals surface area contributed by atoms with Gasteiger partial charge in [0.2, 0.25) is 5.76 Å². The molecule has 0 unspecified atom stereocenters. The highest BCUT2D eigenvalue weighted by Crippen LogP contribution is 2.42. The topological polar surface area (TPSA) is 90.8 Å². The van der Waals surface area contributed by atoms with Crippen LogP contribution in [0.3, 0.4) is 0 Å². The van der Waals surface area contributed by atoms with Crippen molar-refractivity contribution in [2.45, 2.75) is 0 Å². The first-order valence-corrected chi connectivity index (χ1v) is 7.06. The van der Waals surface area contributed by atoms with Gasteiger partial charge in [-0.2, -0.15) is 0 Å². The highest BCUT2D eigenvalue weighted by atomic mass is 16.6. The van der Waals surface area contributed by atoms with E-state index in [1.54, 1.807) is 6.20 Å². The van der Waals surface area contributed by atoms with Crippen molar-refractivity contribution in [1.29, 1.82) is 0 Å². The van der Waals surface area contributed by atoms with Crippen LogP contribution < -0.4 is 4.74 Å². The number of furan rings is 1. The number of fused-ring (bicyclic) bond motifs is 1. The van der Waals surface area contributed by atoms with Gasteiger partial charge in [-0.05, 0) is 6.07 Å². The lowest BCUT2D eigenvalue weighted by Crippen LogP contribution is -2.02. The molecule has 0 atom stereocenters. The first-order chi connectivity index (χ1) is 11.6. The average Bonchev–Trinajstić information content (AvgIpc) is 3.21. The van der Waals surface area contributed by atoms with E-state index in [9.17, 15) is 9.59 Å². The highest BCUT2D eigenvalue weighted by Gasteiger charge is 2.32. The molecule has 2 heterocycles. The zero-order valence-electron chi connectivity index (χ0n) is 13.3. The van der Waals surface area contributed by atoms with Crippen molar-refractivity contribution < 1.29 is 28.2 Å². The van der Waals surface area contributed by atoms with Crippen molar-refractivity contribution in [2.24, 2.45) is 0 Å². The molecule has 24 heavy (non-hydrogen) atoms. The third-order valence-electron chi connectivity index (χ3n) is 3.67. The molecule has 1 N–H and O–H groups in total. The van der Waals surface area contributed by atoms with Crippen LogP contribution in [0, 0.1) is 0 Å². The zero-order chi connectivity index (χ0) is 17.3. The fourth-order valence-electron chi connectivity index (χ4n) is 2.60. The molecule has 0 saturated heterocycles. The number of ether oxygens (including phenoxy) is 3. The molecular weight excluding hydrogens is 314 g/mol. The van der Waals surface area contributed by atoms with Gasteiger partial charge in [0.15, 0.2) is 5.75 Å². The average molecular weight is 329 g/mol. The normalized spacial score (nSPS) is 10.6. The van der Waals surface area contributed by atoms with E-state index in [1.807, 2.05) is 24.3 Å². The van der Waals surface area contributed by atoms with Crippen LogP contribution in [0.15, 0.2) is 34.9 Å². The van der Waals surface area contributed by atoms with Crippen LogP contribution in [0.25, 0.3) is 22.0 Å². The molecule has 1 aromatic carbocycles. The summed E-state index contributed by atoms with van der Waals surface area (Å²) >= 11 is 0. The Morgan fingerprint density at radius 2 is 1.67 bits per heavy atom. The van der Waals surface area contributed by atoms with Crippen LogP contribution in [0.4, 0.5) is 0 Å². The molecule has 124 valence electrons. The van der Waals surface area contributed by atoms with Gasteiger partial charge in [-0.25, -0.2) is 9.59 Å². The molecule has 0 aliphatic carbocycles. The number of methoxy groups -OCH3 is 3. The standard InChI is InChI=1S/C17H15NO6/c1-21-13-12(10-8-18-11-7-5-4-6-9(10)11)14(16(19)22-2)24-15(13)17(20)23-3/h4-8,18H,1-3H3. The summed E-state index contributed by atoms with van der Waals surface area (Å²) in [7, 11) is 3.83. The molecule has 0 aliphatic heterocycles. The number of hydrogen-bond donors (Lipinski definition) is 1. The maximum Gasteiger partial charge on any atom is 0.377 e. The van der Waals surface area contributed by atoms with Crippen LogP contribution in [0.1, 0.15) is 21.1 Å². The maximum atomic E-state index is 12.1. The first-order valence-electron chi connectivity index (χ1n) is 7.06. The number of carbonyl (C=O) groups is 2. The lowest BCUT2D eigenvalue weighted by Gasteiger charge is -2.04. The molecule has 7 nitrogen and oxygen atoms in total. The number of rotatable bonds is 4. The van der Waals surface area contributed by atoms with E-state index in [1.165, 1.54) is 21.3 Å². The summed E-state index contributed by atoms with van der Waals surface area (Å²) in [4.78, 5) is 27.2. The van der Waals surface area contributed by atoms with E-state index in [0.29, 0.717) is 11.1 Å². The molecule has 0 saturated carbocycles. The Morgan fingerprint density at radius 3 is 2.33 bits per heavy atom. The summed E-state index contributed by atoms with van der Waals surface area (Å²) in [6.45, 7) is 0. The molecule has 0 amide bonds. The second kappa shape index (κ2) is 6.11. The SMILES string of the molecule is COC(=O)c1oc(C(=O)OC)c(-c2c[nH]c3ccccc23)c1OC. The largest absolute Gasteiger partial charge is 0.492 e. The van der Waals surface area contributed by atoms with Crippen molar-refractivity contribution in [3.8, 4) is 16.9 Å². The minimum absolute atomic E-state index is 0.118. The van der Waals surface area contributed by atoms with Crippen LogP contribution >= 0.6 is 0 Å². The Bertz CT molecular complexity index is 920. The summed E-state index contributed by atoms with van der Waals surface area (Å²) in [5, 5.41) is 0.846. The molecule has 3 aromatic rings. The number of aromatic nitrogens is 1. The lowest BCUT2D eigenvalue weighted by atomic mass is 10.0. The Hall–Kier alpha value is -3.22. The van der Waals surface area contributed by atoms with Crippen LogP contribution in [-0.2, 0) is 9.47 Å². The quantitative estimate of drug-likeness (QED) is 0.740. The van der Waals surface area contributed by atoms with Crippen molar-refractivity contribution in [1.82, 2.24) is 4.98 Å². The minimum Gasteiger partial charge on any atom is -0.492 e. The Labute approximate surface area is 137 Å². The fraction of sp³-hybridized carbons (Fsp3) is 0.176. The smallest absolute Gasteiger partial charge is 0.377 e. The Kier molecular flexibility index (Phi) is 3.99. The number of carbonyl (C=O) groups excluding carboxylic acids is 2. The van der Waals surface area contributed by atoms with Gasteiger partial charge in [-0.15, -0.1) is 0 Å². The van der Waals surface area contributed by atoms with Crippen molar-refractivity contribution >= 4 is 22.8 Å². The van der Waals surface area contributed by atoms with E-state index in [4.69, 9.17) is 18.6 Å². The maximum absolute atomic E-state index is 12.1. The molecule has 0 aliphatic rings. The van der Waals surface area contributed by atoms with E-state index in [0.717, 1.165) is 10.9 Å². The van der Waals surface area contributed by atoms with Crippen LogP contribution in [-0.4, -0.2) is 38.3 Å². The van der Waals surface area contributed by atoms with Crippen molar-refractivity contribution in [3.05, 3.63) is 42.0 Å². The second-order valence-electron chi connectivity index (χ2n) is 4.90. The summed E-state index contributed by atoms with van der Waals surface area (Å²) < 4.78 is 20.2. The fourth-order valence-corrected chi connectivity index (χ4v) is 2.60. The number of hydrogen-bond acceptors (Lipinski definition) is 6. The number of H-pyrrole nitrogens is 1. The van der Waals surface area contributed by atoms with Gasteiger partial charge < -0.3 is 23.6 Å². The number of esters is 2. The molecule has 0 bridgehead atoms. The number of benzene rings is 1. The van der Waals surface area contributed by atoms with Crippen molar-refractivity contribution in [3.63, 3.8) is 0 Å². The summed E-state index contributed by atoms with van der Waals surface area (Å²) in [5.41, 5.74) is 1.86. The van der Waals surface area contributed by atoms with Gasteiger partial charge in [-0.3, -0.25) is 0 Å². The molecule has 2 aromatic heterocycles. The summed E-state index contributed by atoms with van der Waals surface area (Å²) in [6.07, 6.45) is 1.71. The van der Waals surface area contributed by atoms with E-state index in [2.05, 4.69) is 4.98 Å². The monoisotopic (exact) mass is 329 g/mol. The van der Waals surface area contributed by atoms with E-state index >= 15 is 0 Å². The third kappa shape index (κ3) is 2.30. The predicted octanol–water partition coefficient (Wildman–Crippen LogP) is 3.01. The van der Waals surface area contributed by atoms with Crippen LogP contribution in [0.5, 0.6) is 5.75 Å². The Morgan fingerprint density at radius 1 is 1.00 bits per heavy atom. The number of nitrogens with one attached hydrogen (secondary N) is 1. The van der Waals surface area contributed by atoms with Gasteiger partial charge >= 0.3 is 11.9 Å². The first kappa shape index (κ1) is 15.7. The van der Waals surface area contributed by atoms with Gasteiger partial charge in [0.05, 0.1) is 26.9 Å². The molecule has 0 radical (unpaired) electrons. The zero-order valence-corrected chi connectivity index (χ0v) is 13.3. The van der Waals surface area contributed by atoms with Crippen molar-refractivity contribution in [2.75, 3.05) is 21.3 Å². The van der Waals surface area contributed by atoms with Gasteiger partial charge in [0.1, 0.15) is 0 Å². The molecule has 7 heteroatoms. The molecule has 3 rings (SSSR count). The molecule has 0 fully saturated rings. The van der Waals surface area contributed by atoms with Gasteiger partial charge in [0.25, 0.3) is 5.76 Å². The molecular formula is C17H15NO6. The number of aromatic amines is 1. The number of para-hydroxylation sites is 1. The summed E-state index contributed by atoms with van der Waals surface area (Å²) in [6, 6.07) is 7.53. The minimum atomic E-state index is -0.747.